The zero-order chi connectivity index (χ0) is 63.6. The van der Waals surface area contributed by atoms with E-state index in [4.69, 9.17) is 51.7 Å². The standard InChI is InChI=1S/C63H94N11O11P/c1-15-18-37-41-28-45-59(9,10)38(19-21-46(64)75)51(71-45)35(7)56-61(12,24-23-50(79)68-30-34(6)84-86(81,82)85-54-44(16-2)83-58(53(54)80)74-31-69-42-25-32(4)33(5)26-43(42)74)40(27-48(66)77)57(72-56)63(14)62(13,29-49(67)78)39(20-22-47(65)76)52(73-63)36(8)55(70-41)60(37,11)17-3/h25-26,28,31,34,37-40,44,53-54,57-58,70,80H,15-24,27,29-30H2,1-14H3,(H2,64,75)(H2,65,76)(H2,66,77)(H2,67,78)(H,68,79)(H,81,82)/b41-28?,51-35-,55-36-/t34-,37-,38-,39-,40+,44-,53?,54?,57-,58?,60+,61-,62+,63+/m1/s1. The number of benzene rings is 1. The van der Waals surface area contributed by atoms with Crippen LogP contribution in [-0.2, 0) is 42.3 Å². The lowest BCUT2D eigenvalue weighted by molar-refractivity contribution is -0.124. The van der Waals surface area contributed by atoms with Gasteiger partial charge >= 0.3 is 7.82 Å². The van der Waals surface area contributed by atoms with Gasteiger partial charge in [0.15, 0.2) is 6.23 Å². The Balaban J connectivity index is 1.17. The molecule has 23 heteroatoms. The third-order valence-corrected chi connectivity index (χ3v) is 22.0. The number of ether oxygens (including phenoxy) is 1. The van der Waals surface area contributed by atoms with Crippen molar-refractivity contribution < 1.29 is 52.3 Å². The molecule has 22 nitrogen and oxygen atoms in total. The minimum absolute atomic E-state index is 0.0163. The van der Waals surface area contributed by atoms with Crippen LogP contribution in [0, 0.1) is 59.2 Å². The van der Waals surface area contributed by atoms with Crippen LogP contribution in [0.25, 0.3) is 11.0 Å². The maximum Gasteiger partial charge on any atom is 0.472 e. The SMILES string of the molecule is CCC[C@@H]1C2=CC3=N/C(=C(/C)C4=N[C@H]([C@H](CC(N)=O)[C@@]4(C)CCC(=O)NC[C@@H](C)OP(=O)(O)OC4C(O)C(n5cnc6cc(C)c(C)cc65)O[C@@H]4CC)[C@]4(C)N=C(/C(C)=C(\N2)[C@@]1(C)CC)[C@@H](CCC(N)=O)[C@]4(C)CC(N)=O)[C@@H](CCC(N)=O)C3(C)C. The number of hydrogen-bond acceptors (Lipinski definition) is 15. The number of allylic oxidation sites excluding steroid dienone is 6. The number of fused-ring (bicyclic) bond motifs is 7. The van der Waals surface area contributed by atoms with E-state index in [1.54, 1.807) is 10.9 Å². The Morgan fingerprint density at radius 2 is 1.51 bits per heavy atom. The number of aliphatic hydroxyl groups is 1. The lowest BCUT2D eigenvalue weighted by atomic mass is 9.55. The molecule has 6 aliphatic rings. The highest BCUT2D eigenvalue weighted by atomic mass is 31.2. The van der Waals surface area contributed by atoms with E-state index in [2.05, 4.69) is 56.3 Å². The Bertz CT molecular complexity index is 3310. The second kappa shape index (κ2) is 24.6. The van der Waals surface area contributed by atoms with Gasteiger partial charge in [-0.2, -0.15) is 0 Å². The van der Waals surface area contributed by atoms with E-state index in [1.165, 1.54) is 6.92 Å². The maximum absolute atomic E-state index is 14.4. The van der Waals surface area contributed by atoms with Gasteiger partial charge in [-0.15, -0.1) is 0 Å². The van der Waals surface area contributed by atoms with Gasteiger partial charge in [0.2, 0.25) is 29.5 Å². The van der Waals surface area contributed by atoms with Gasteiger partial charge in [0.1, 0.15) is 12.2 Å². The summed E-state index contributed by atoms with van der Waals surface area (Å²) in [5, 5.41) is 18.4. The maximum atomic E-state index is 14.4. The van der Waals surface area contributed by atoms with Crippen LogP contribution in [-0.4, -0.2) is 109 Å². The van der Waals surface area contributed by atoms with Crippen molar-refractivity contribution in [1.29, 1.82) is 0 Å². The minimum Gasteiger partial charge on any atom is -0.386 e. The monoisotopic (exact) mass is 1210 g/mol. The van der Waals surface area contributed by atoms with Crippen molar-refractivity contribution in [2.75, 3.05) is 6.54 Å². The third-order valence-electron chi connectivity index (χ3n) is 20.9. The molecule has 8 rings (SSSR count). The molecule has 0 radical (unpaired) electrons. The Hall–Kier alpha value is -5.90. The number of imidazole rings is 1. The summed E-state index contributed by atoms with van der Waals surface area (Å²) in [6.45, 7) is 27.7. The first kappa shape index (κ1) is 66.1. The highest BCUT2D eigenvalue weighted by Crippen LogP contribution is 2.62. The molecule has 1 aromatic carbocycles. The summed E-state index contributed by atoms with van der Waals surface area (Å²) in [6.07, 6.45) is 1.32. The topological polar surface area (TPSA) is 354 Å². The van der Waals surface area contributed by atoms with Crippen molar-refractivity contribution in [3.63, 3.8) is 0 Å². The largest absolute Gasteiger partial charge is 0.472 e. The Morgan fingerprint density at radius 3 is 2.12 bits per heavy atom. The number of aromatic nitrogens is 2. The van der Waals surface area contributed by atoms with Crippen LogP contribution >= 0.6 is 7.82 Å². The van der Waals surface area contributed by atoms with Crippen molar-refractivity contribution in [2.45, 2.75) is 216 Å². The van der Waals surface area contributed by atoms with E-state index >= 15 is 0 Å². The Kier molecular flexibility index (Phi) is 18.9. The lowest BCUT2D eigenvalue weighted by Crippen LogP contribution is -2.56. The molecule has 1 aromatic heterocycles. The van der Waals surface area contributed by atoms with Gasteiger partial charge in [-0.1, -0.05) is 61.8 Å². The van der Waals surface area contributed by atoms with E-state index in [-0.39, 0.29) is 63.3 Å². The minimum atomic E-state index is -4.91. The van der Waals surface area contributed by atoms with Crippen LogP contribution < -0.4 is 33.6 Å². The molecule has 7 heterocycles. The molecule has 0 aliphatic carbocycles. The zero-order valence-electron chi connectivity index (χ0n) is 52.8. The summed E-state index contributed by atoms with van der Waals surface area (Å²) < 4.78 is 33.0. The van der Waals surface area contributed by atoms with E-state index < -0.39 is 113 Å². The molecular weight excluding hydrogens is 1120 g/mol. The predicted molar refractivity (Wildman–Crippen MR) is 330 cm³/mol. The van der Waals surface area contributed by atoms with Gasteiger partial charge < -0.3 is 52.9 Å². The van der Waals surface area contributed by atoms with Gasteiger partial charge in [0, 0.05) is 118 Å². The van der Waals surface area contributed by atoms with Crippen LogP contribution in [0.2, 0.25) is 0 Å². The number of phosphoric ester groups is 1. The number of carbonyl (C=O) groups is 5. The van der Waals surface area contributed by atoms with Gasteiger partial charge in [-0.3, -0.25) is 48.0 Å². The number of rotatable bonds is 24. The number of hydrogen-bond donors (Lipinski definition) is 8. The molecule has 0 saturated carbocycles. The molecule has 0 spiro atoms. The van der Waals surface area contributed by atoms with Crippen LogP contribution in [0.1, 0.15) is 177 Å². The number of carbonyl (C=O) groups excluding carboxylic acids is 5. The fourth-order valence-electron chi connectivity index (χ4n) is 15.5. The summed E-state index contributed by atoms with van der Waals surface area (Å²) in [5.74, 6) is -4.30. The molecule has 2 saturated heterocycles. The molecule has 86 heavy (non-hydrogen) atoms. The molecule has 472 valence electrons. The smallest absolute Gasteiger partial charge is 0.386 e. The van der Waals surface area contributed by atoms with Gasteiger partial charge in [-0.05, 0) is 121 Å². The van der Waals surface area contributed by atoms with Crippen LogP contribution in [0.3, 0.4) is 0 Å². The second-order valence-corrected chi connectivity index (χ2v) is 28.2. The molecule has 6 aliphatic heterocycles. The lowest BCUT2D eigenvalue weighted by Gasteiger charge is -2.48. The fraction of sp³-hybridized carbons (Fsp3) is 0.667. The number of amides is 5. The van der Waals surface area contributed by atoms with Gasteiger partial charge in [0.25, 0.3) is 0 Å². The number of nitrogens with two attached hydrogens (primary N) is 4. The Morgan fingerprint density at radius 1 is 0.860 bits per heavy atom. The van der Waals surface area contributed by atoms with Crippen molar-refractivity contribution in [1.82, 2.24) is 20.2 Å². The number of nitrogens with zero attached hydrogens (tertiary/aromatic N) is 5. The Labute approximate surface area is 506 Å². The van der Waals surface area contributed by atoms with Crippen molar-refractivity contribution >= 4 is 65.5 Å². The fourth-order valence-corrected chi connectivity index (χ4v) is 16.6. The van der Waals surface area contributed by atoms with Crippen molar-refractivity contribution in [3.8, 4) is 0 Å². The van der Waals surface area contributed by atoms with Crippen molar-refractivity contribution in [2.24, 2.45) is 83.2 Å². The summed E-state index contributed by atoms with van der Waals surface area (Å²) in [6, 6.07) is 2.99. The first-order chi connectivity index (χ1) is 40.1. The van der Waals surface area contributed by atoms with E-state index in [9.17, 15) is 38.5 Å². The molecule has 2 aromatic rings. The number of primary amides is 4. The third kappa shape index (κ3) is 12.0. The summed E-state index contributed by atoms with van der Waals surface area (Å²) in [7, 11) is -4.91. The number of aliphatic hydroxyl groups excluding tert-OH is 1. The highest BCUT2D eigenvalue weighted by Gasteiger charge is 2.66. The number of aliphatic imine (C=N–C) groups is 3. The molecule has 12 N–H and O–H groups in total. The van der Waals surface area contributed by atoms with E-state index in [0.29, 0.717) is 41.1 Å². The van der Waals surface area contributed by atoms with Gasteiger partial charge in [-0.25, -0.2) is 9.55 Å². The highest BCUT2D eigenvalue weighted by molar-refractivity contribution is 7.47. The second-order valence-electron chi connectivity index (χ2n) is 26.8. The average molecular weight is 1210 g/mol. The summed E-state index contributed by atoms with van der Waals surface area (Å²) in [4.78, 5) is 100. The molecule has 15 atom stereocenters. The molecule has 4 unspecified atom stereocenters. The molecule has 8 bridgehead atoms. The molecule has 2 fully saturated rings. The van der Waals surface area contributed by atoms with Gasteiger partial charge in [0.05, 0.1) is 41.1 Å². The van der Waals surface area contributed by atoms with Crippen molar-refractivity contribution in [3.05, 3.63) is 63.9 Å². The first-order valence-electron chi connectivity index (χ1n) is 30.7. The van der Waals surface area contributed by atoms with E-state index in [0.717, 1.165) is 58.6 Å². The number of aryl methyl sites for hydroxylation is 2. The van der Waals surface area contributed by atoms with Crippen LogP contribution in [0.4, 0.5) is 0 Å². The van der Waals surface area contributed by atoms with E-state index in [1.807, 2.05) is 67.5 Å². The molecule has 5 amide bonds. The van der Waals surface area contributed by atoms with Crippen LogP contribution in [0.5, 0.6) is 0 Å². The predicted octanol–water partition coefficient (Wildman–Crippen LogP) is 7.65. The summed E-state index contributed by atoms with van der Waals surface area (Å²) in [5.41, 5.74) is 29.4. The quantitative estimate of drug-likeness (QED) is 0.0469. The number of nitrogens with one attached hydrogen (secondary N) is 2. The first-order valence-corrected chi connectivity index (χ1v) is 32.2. The number of phosphoric acid groups is 1. The zero-order valence-corrected chi connectivity index (χ0v) is 53.7. The molecular formula is C63H94N11O11P. The average Bonchev–Trinajstić information content (AvgIpc) is 1.54. The van der Waals surface area contributed by atoms with Crippen LogP contribution in [0.15, 0.2) is 67.8 Å². The summed E-state index contributed by atoms with van der Waals surface area (Å²) >= 11 is 0. The normalized spacial score (nSPS) is 34.8.